The van der Waals surface area contributed by atoms with Crippen LogP contribution in [-0.4, -0.2) is 24.0 Å². The van der Waals surface area contributed by atoms with Gasteiger partial charge in [-0.2, -0.15) is 0 Å². The van der Waals surface area contributed by atoms with E-state index < -0.39 is 6.10 Å². The third-order valence-corrected chi connectivity index (χ3v) is 6.15. The van der Waals surface area contributed by atoms with Crippen LogP contribution in [0, 0.1) is 0 Å². The Kier molecular flexibility index (Phi) is 7.83. The molecule has 0 spiro atoms. The van der Waals surface area contributed by atoms with Gasteiger partial charge in [0.2, 0.25) is 0 Å². The van der Waals surface area contributed by atoms with Gasteiger partial charge in [-0.1, -0.05) is 63.8 Å². The van der Waals surface area contributed by atoms with Gasteiger partial charge in [-0.3, -0.25) is 9.59 Å². The van der Waals surface area contributed by atoms with Crippen molar-refractivity contribution in [3.63, 3.8) is 0 Å². The minimum Gasteiger partial charge on any atom is -0.481 e. The number of nitrogens with one attached hydrogen (secondary N) is 2. The minimum atomic E-state index is -0.703. The molecule has 1 fully saturated rings. The maximum absolute atomic E-state index is 12.7. The van der Waals surface area contributed by atoms with Gasteiger partial charge in [0.15, 0.2) is 6.10 Å². The molecule has 6 heteroatoms. The van der Waals surface area contributed by atoms with E-state index in [1.165, 1.54) is 12.0 Å². The van der Waals surface area contributed by atoms with Gasteiger partial charge in [-0.15, -0.1) is 0 Å². The quantitative estimate of drug-likeness (QED) is 0.551. The van der Waals surface area contributed by atoms with Crippen LogP contribution in [0.4, 0.5) is 5.69 Å². The molecule has 2 N–H and O–H groups in total. The number of halogens is 1. The lowest BCUT2D eigenvalue weighted by molar-refractivity contribution is -0.122. The summed E-state index contributed by atoms with van der Waals surface area (Å²) < 4.78 is 5.80. The summed E-state index contributed by atoms with van der Waals surface area (Å²) in [5.74, 6) is 0.122. The molecule has 0 aromatic heterocycles. The second-order valence-electron chi connectivity index (χ2n) is 9.53. The van der Waals surface area contributed by atoms with Crippen LogP contribution >= 0.6 is 11.6 Å². The van der Waals surface area contributed by atoms with Gasteiger partial charge in [0, 0.05) is 11.7 Å². The number of carbonyl (C=O) groups is 2. The molecule has 2 amide bonds. The first-order chi connectivity index (χ1) is 15.1. The predicted octanol–water partition coefficient (Wildman–Crippen LogP) is 6.11. The second kappa shape index (κ2) is 10.4. The molecule has 1 unspecified atom stereocenters. The standard InChI is InChI=1S/C26H33ClN2O3/c1-17(32-21-13-10-18(11-14-21)26(2,3)4)24(30)29-20-12-15-23(27)22(16-20)25(31)28-19-8-6-5-7-9-19/h10-17,19H,5-9H2,1-4H3,(H,28,31)(H,29,30). The number of benzene rings is 2. The van der Waals surface area contributed by atoms with Crippen molar-refractivity contribution in [2.75, 3.05) is 5.32 Å². The lowest BCUT2D eigenvalue weighted by atomic mass is 9.87. The van der Waals surface area contributed by atoms with Crippen molar-refractivity contribution in [2.24, 2.45) is 0 Å². The van der Waals surface area contributed by atoms with E-state index >= 15 is 0 Å². The highest BCUT2D eigenvalue weighted by atomic mass is 35.5. The van der Waals surface area contributed by atoms with Gasteiger partial charge < -0.3 is 15.4 Å². The molecule has 172 valence electrons. The first-order valence-electron chi connectivity index (χ1n) is 11.3. The zero-order valence-electron chi connectivity index (χ0n) is 19.3. The van der Waals surface area contributed by atoms with Crippen molar-refractivity contribution in [2.45, 2.75) is 77.4 Å². The maximum Gasteiger partial charge on any atom is 0.265 e. The summed E-state index contributed by atoms with van der Waals surface area (Å²) in [5, 5.41) is 6.25. The molecule has 1 aliphatic rings. The minimum absolute atomic E-state index is 0.0527. The number of carbonyl (C=O) groups excluding carboxylic acids is 2. The lowest BCUT2D eigenvalue weighted by Crippen LogP contribution is -2.36. The van der Waals surface area contributed by atoms with Crippen LogP contribution in [0.2, 0.25) is 5.02 Å². The summed E-state index contributed by atoms with van der Waals surface area (Å²) in [6, 6.07) is 12.9. The second-order valence-corrected chi connectivity index (χ2v) is 9.93. The molecule has 5 nitrogen and oxygen atoms in total. The molecule has 2 aromatic carbocycles. The van der Waals surface area contributed by atoms with Crippen molar-refractivity contribution < 1.29 is 14.3 Å². The Morgan fingerprint density at radius 1 is 1.03 bits per heavy atom. The highest BCUT2D eigenvalue weighted by Crippen LogP contribution is 2.25. The van der Waals surface area contributed by atoms with E-state index in [0.717, 1.165) is 25.7 Å². The monoisotopic (exact) mass is 456 g/mol. The Bertz CT molecular complexity index is 945. The fourth-order valence-electron chi connectivity index (χ4n) is 3.82. The van der Waals surface area contributed by atoms with Crippen LogP contribution in [0.3, 0.4) is 0 Å². The van der Waals surface area contributed by atoms with Crippen molar-refractivity contribution in [3.05, 3.63) is 58.6 Å². The summed E-state index contributed by atoms with van der Waals surface area (Å²) in [6.45, 7) is 8.14. The third kappa shape index (κ3) is 6.49. The molecule has 0 radical (unpaired) electrons. The van der Waals surface area contributed by atoms with Crippen molar-refractivity contribution in [1.29, 1.82) is 0 Å². The highest BCUT2D eigenvalue weighted by Gasteiger charge is 2.20. The van der Waals surface area contributed by atoms with Crippen LogP contribution in [-0.2, 0) is 10.2 Å². The Morgan fingerprint density at radius 2 is 1.69 bits per heavy atom. The average Bonchev–Trinajstić information content (AvgIpc) is 2.75. The van der Waals surface area contributed by atoms with Gasteiger partial charge in [0.25, 0.3) is 11.8 Å². The van der Waals surface area contributed by atoms with Gasteiger partial charge in [-0.25, -0.2) is 0 Å². The van der Waals surface area contributed by atoms with E-state index in [1.807, 2.05) is 24.3 Å². The molecule has 0 saturated heterocycles. The molecular formula is C26H33ClN2O3. The molecule has 3 rings (SSSR count). The van der Waals surface area contributed by atoms with Crippen LogP contribution in [0.25, 0.3) is 0 Å². The molecule has 1 atom stereocenters. The molecule has 1 aliphatic carbocycles. The molecule has 1 saturated carbocycles. The summed E-state index contributed by atoms with van der Waals surface area (Å²) >= 11 is 6.26. The fraction of sp³-hybridized carbons (Fsp3) is 0.462. The molecular weight excluding hydrogens is 424 g/mol. The van der Waals surface area contributed by atoms with Gasteiger partial charge in [0.1, 0.15) is 5.75 Å². The van der Waals surface area contributed by atoms with E-state index in [4.69, 9.17) is 16.3 Å². The van der Waals surface area contributed by atoms with E-state index in [0.29, 0.717) is 22.0 Å². The largest absolute Gasteiger partial charge is 0.481 e. The summed E-state index contributed by atoms with van der Waals surface area (Å²) in [4.78, 5) is 25.4. The van der Waals surface area contributed by atoms with Crippen LogP contribution in [0.15, 0.2) is 42.5 Å². The molecule has 0 aliphatic heterocycles. The molecule has 0 heterocycles. The van der Waals surface area contributed by atoms with Crippen molar-refractivity contribution >= 4 is 29.1 Å². The van der Waals surface area contributed by atoms with E-state index in [2.05, 4.69) is 31.4 Å². The summed E-state index contributed by atoms with van der Waals surface area (Å²) in [6.07, 6.45) is 4.76. The number of rotatable bonds is 6. The highest BCUT2D eigenvalue weighted by molar-refractivity contribution is 6.34. The van der Waals surface area contributed by atoms with Gasteiger partial charge in [0.05, 0.1) is 10.6 Å². The summed E-state index contributed by atoms with van der Waals surface area (Å²) in [7, 11) is 0. The average molecular weight is 457 g/mol. The van der Waals surface area contributed by atoms with Crippen LogP contribution in [0.5, 0.6) is 5.75 Å². The zero-order chi connectivity index (χ0) is 23.3. The third-order valence-electron chi connectivity index (χ3n) is 5.82. The van der Waals surface area contributed by atoms with Crippen molar-refractivity contribution in [1.82, 2.24) is 5.32 Å². The van der Waals surface area contributed by atoms with Crippen LogP contribution < -0.4 is 15.4 Å². The summed E-state index contributed by atoms with van der Waals surface area (Å²) in [5.41, 5.74) is 2.12. The Hall–Kier alpha value is -2.53. The first-order valence-corrected chi connectivity index (χ1v) is 11.7. The van der Waals surface area contributed by atoms with Gasteiger partial charge in [-0.05, 0) is 61.1 Å². The Morgan fingerprint density at radius 3 is 2.31 bits per heavy atom. The van der Waals surface area contributed by atoms with E-state index in [9.17, 15) is 9.59 Å². The molecule has 2 aromatic rings. The smallest absolute Gasteiger partial charge is 0.265 e. The number of hydrogen-bond acceptors (Lipinski definition) is 3. The number of amides is 2. The number of hydrogen-bond donors (Lipinski definition) is 2. The predicted molar refractivity (Wildman–Crippen MR) is 130 cm³/mol. The SMILES string of the molecule is CC(Oc1ccc(C(C)(C)C)cc1)C(=O)Nc1ccc(Cl)c(C(=O)NC2CCCCC2)c1. The maximum atomic E-state index is 12.7. The van der Waals surface area contributed by atoms with Gasteiger partial charge >= 0.3 is 0 Å². The van der Waals surface area contributed by atoms with E-state index in [1.54, 1.807) is 25.1 Å². The fourth-order valence-corrected chi connectivity index (χ4v) is 4.03. The zero-order valence-corrected chi connectivity index (χ0v) is 20.1. The molecule has 32 heavy (non-hydrogen) atoms. The topological polar surface area (TPSA) is 67.4 Å². The van der Waals surface area contributed by atoms with Crippen LogP contribution in [0.1, 0.15) is 75.7 Å². The Labute approximate surface area is 195 Å². The Balaban J connectivity index is 1.61. The molecule has 0 bridgehead atoms. The normalized spacial score (nSPS) is 15.7. The lowest BCUT2D eigenvalue weighted by Gasteiger charge is -2.23. The number of anilines is 1. The van der Waals surface area contributed by atoms with Crippen molar-refractivity contribution in [3.8, 4) is 5.75 Å². The number of ether oxygens (including phenoxy) is 1. The first kappa shape index (κ1) is 24.1. The van der Waals surface area contributed by atoms with E-state index in [-0.39, 0.29) is 23.3 Å².